The van der Waals surface area contributed by atoms with Crippen molar-refractivity contribution < 1.29 is 55.1 Å². The molecule has 0 aromatic heterocycles. The zero-order chi connectivity index (χ0) is 17.4. The van der Waals surface area contributed by atoms with Gasteiger partial charge in [0.1, 0.15) is 49.3 Å². The van der Waals surface area contributed by atoms with Gasteiger partial charge in [-0.3, -0.25) is 0 Å². The molecule has 2 fully saturated rings. The highest BCUT2D eigenvalue weighted by molar-refractivity contribution is 4.98. The predicted octanol–water partition coefficient (Wildman–Crippen LogP) is -5.40. The SMILES string of the molecule is OC[C@H]1O[C@H](O[C@]2(CO)O[C@H](CO)[C@H](O)[C@@H]2O)[C@@H](O)[C@@H](O)[C@@H]1O. The molecule has 0 radical (unpaired) electrons. The topological polar surface area (TPSA) is 190 Å². The molecule has 2 aliphatic rings. The summed E-state index contributed by atoms with van der Waals surface area (Å²) < 4.78 is 15.4. The number of hydrogen-bond acceptors (Lipinski definition) is 11. The maximum atomic E-state index is 10.00. The van der Waals surface area contributed by atoms with Gasteiger partial charge in [-0.15, -0.1) is 0 Å². The molecule has 0 saturated carbocycles. The van der Waals surface area contributed by atoms with Crippen molar-refractivity contribution in [1.82, 2.24) is 0 Å². The molecule has 11 nitrogen and oxygen atoms in total. The van der Waals surface area contributed by atoms with Crippen molar-refractivity contribution >= 4 is 0 Å². The van der Waals surface area contributed by atoms with Gasteiger partial charge in [0.15, 0.2) is 6.29 Å². The summed E-state index contributed by atoms with van der Waals surface area (Å²) in [5.74, 6) is -2.22. The van der Waals surface area contributed by atoms with Crippen LogP contribution in [-0.4, -0.2) is 115 Å². The summed E-state index contributed by atoms with van der Waals surface area (Å²) in [5, 5.41) is 76.7. The summed E-state index contributed by atoms with van der Waals surface area (Å²) in [7, 11) is 0. The van der Waals surface area contributed by atoms with Crippen molar-refractivity contribution in [2.75, 3.05) is 19.8 Å². The van der Waals surface area contributed by atoms with E-state index in [-0.39, 0.29) is 0 Å². The average Bonchev–Trinajstić information content (AvgIpc) is 2.80. The van der Waals surface area contributed by atoms with Gasteiger partial charge >= 0.3 is 0 Å². The molecule has 2 heterocycles. The number of hydrogen-bond donors (Lipinski definition) is 8. The van der Waals surface area contributed by atoms with Crippen molar-refractivity contribution in [2.45, 2.75) is 54.8 Å². The highest BCUT2D eigenvalue weighted by atomic mass is 16.8. The zero-order valence-electron chi connectivity index (χ0n) is 12.0. The molecule has 2 rings (SSSR count). The van der Waals surface area contributed by atoms with Crippen LogP contribution in [0.25, 0.3) is 0 Å². The highest BCUT2D eigenvalue weighted by Crippen LogP contribution is 2.35. The number of aliphatic hydroxyl groups excluding tert-OH is 8. The van der Waals surface area contributed by atoms with Crippen molar-refractivity contribution in [3.63, 3.8) is 0 Å². The Morgan fingerprint density at radius 2 is 1.39 bits per heavy atom. The van der Waals surface area contributed by atoms with E-state index in [9.17, 15) is 30.6 Å². The van der Waals surface area contributed by atoms with Gasteiger partial charge in [0, 0.05) is 0 Å². The Morgan fingerprint density at radius 1 is 0.783 bits per heavy atom. The molecule has 23 heavy (non-hydrogen) atoms. The van der Waals surface area contributed by atoms with E-state index in [2.05, 4.69) is 0 Å². The molecule has 9 atom stereocenters. The summed E-state index contributed by atoms with van der Waals surface area (Å²) in [4.78, 5) is 0. The van der Waals surface area contributed by atoms with E-state index in [0.717, 1.165) is 0 Å². The summed E-state index contributed by atoms with van der Waals surface area (Å²) in [6.07, 6.45) is -12.7. The first kappa shape index (κ1) is 18.9. The molecular formula is C12H22O11. The Hall–Kier alpha value is -0.440. The average molecular weight is 342 g/mol. The maximum absolute atomic E-state index is 10.00. The van der Waals surface area contributed by atoms with E-state index >= 15 is 0 Å². The quantitative estimate of drug-likeness (QED) is 0.238. The minimum Gasteiger partial charge on any atom is -0.394 e. The lowest BCUT2D eigenvalue weighted by Gasteiger charge is -2.43. The lowest BCUT2D eigenvalue weighted by molar-refractivity contribution is -0.383. The number of ether oxygens (including phenoxy) is 3. The van der Waals surface area contributed by atoms with E-state index < -0.39 is 74.6 Å². The second-order valence-corrected chi connectivity index (χ2v) is 5.56. The van der Waals surface area contributed by atoms with Crippen LogP contribution in [0.5, 0.6) is 0 Å². The lowest BCUT2D eigenvalue weighted by Crippen LogP contribution is -2.62. The molecule has 11 heteroatoms. The second-order valence-electron chi connectivity index (χ2n) is 5.56. The summed E-state index contributed by atoms with van der Waals surface area (Å²) in [6.45, 7) is -2.32. The van der Waals surface area contributed by atoms with Crippen LogP contribution in [-0.2, 0) is 14.2 Å². The first-order chi connectivity index (χ1) is 10.8. The van der Waals surface area contributed by atoms with Gasteiger partial charge < -0.3 is 55.1 Å². The first-order valence-electron chi connectivity index (χ1n) is 7.05. The van der Waals surface area contributed by atoms with Gasteiger partial charge in [-0.05, 0) is 0 Å². The summed E-state index contributed by atoms with van der Waals surface area (Å²) in [6, 6.07) is 0. The van der Waals surface area contributed by atoms with Gasteiger partial charge in [0.2, 0.25) is 5.79 Å². The zero-order valence-corrected chi connectivity index (χ0v) is 12.0. The molecule has 0 aliphatic carbocycles. The molecule has 136 valence electrons. The Kier molecular flexibility index (Phi) is 5.92. The third-order valence-corrected chi connectivity index (χ3v) is 4.07. The van der Waals surface area contributed by atoms with Gasteiger partial charge in [-0.2, -0.15) is 0 Å². The molecule has 0 aromatic carbocycles. The summed E-state index contributed by atoms with van der Waals surface area (Å²) >= 11 is 0. The molecule has 0 unspecified atom stereocenters. The molecule has 0 bridgehead atoms. The Balaban J connectivity index is 2.18. The minimum atomic E-state index is -2.22. The molecule has 0 spiro atoms. The fourth-order valence-corrected chi connectivity index (χ4v) is 2.63. The molecule has 2 aliphatic heterocycles. The fraction of sp³-hybridized carbons (Fsp3) is 1.00. The van der Waals surface area contributed by atoms with E-state index in [1.54, 1.807) is 0 Å². The Bertz CT molecular complexity index is 393. The van der Waals surface area contributed by atoms with Gasteiger partial charge in [0.05, 0.1) is 13.2 Å². The van der Waals surface area contributed by atoms with E-state index in [4.69, 9.17) is 24.4 Å². The highest BCUT2D eigenvalue weighted by Gasteiger charge is 2.58. The molecule has 2 saturated heterocycles. The third kappa shape index (κ3) is 3.23. The monoisotopic (exact) mass is 342 g/mol. The van der Waals surface area contributed by atoms with Crippen LogP contribution in [0.4, 0.5) is 0 Å². The Labute approximate surface area is 130 Å². The molecule has 8 N–H and O–H groups in total. The van der Waals surface area contributed by atoms with Gasteiger partial charge in [-0.25, -0.2) is 0 Å². The van der Waals surface area contributed by atoms with Gasteiger partial charge in [0.25, 0.3) is 0 Å². The van der Waals surface area contributed by atoms with Crippen molar-refractivity contribution in [3.8, 4) is 0 Å². The number of rotatable bonds is 5. The molecular weight excluding hydrogens is 320 g/mol. The molecule has 0 aromatic rings. The fourth-order valence-electron chi connectivity index (χ4n) is 2.63. The largest absolute Gasteiger partial charge is 0.394 e. The van der Waals surface area contributed by atoms with E-state index in [1.807, 2.05) is 0 Å². The third-order valence-electron chi connectivity index (χ3n) is 4.07. The van der Waals surface area contributed by atoms with Crippen LogP contribution in [0, 0.1) is 0 Å². The van der Waals surface area contributed by atoms with Crippen LogP contribution in [0.15, 0.2) is 0 Å². The molecule has 0 amide bonds. The smallest absolute Gasteiger partial charge is 0.224 e. The minimum absolute atomic E-state index is 0.669. The first-order valence-corrected chi connectivity index (χ1v) is 7.05. The van der Waals surface area contributed by atoms with E-state index in [0.29, 0.717) is 0 Å². The van der Waals surface area contributed by atoms with Crippen LogP contribution in [0.3, 0.4) is 0 Å². The second kappa shape index (κ2) is 7.21. The summed E-state index contributed by atoms with van der Waals surface area (Å²) in [5.41, 5.74) is 0. The van der Waals surface area contributed by atoms with Crippen LogP contribution < -0.4 is 0 Å². The van der Waals surface area contributed by atoms with Crippen LogP contribution >= 0.6 is 0 Å². The van der Waals surface area contributed by atoms with Crippen molar-refractivity contribution in [1.29, 1.82) is 0 Å². The Morgan fingerprint density at radius 3 is 1.87 bits per heavy atom. The predicted molar refractivity (Wildman–Crippen MR) is 68.6 cm³/mol. The lowest BCUT2D eigenvalue weighted by atomic mass is 9.99. The van der Waals surface area contributed by atoms with Crippen LogP contribution in [0.2, 0.25) is 0 Å². The van der Waals surface area contributed by atoms with Crippen molar-refractivity contribution in [3.05, 3.63) is 0 Å². The maximum Gasteiger partial charge on any atom is 0.224 e. The van der Waals surface area contributed by atoms with E-state index in [1.165, 1.54) is 0 Å². The normalized spacial score (nSPS) is 51.1. The standard InChI is InChI=1S/C12H22O11/c13-1-4-6(16)8(18)9(19)11(21-4)23-12(3-15)10(20)7(17)5(2-14)22-12/h4-11,13-20H,1-3H2/t4-,5-,6-,7+,8+,9+,10+,11-,12+/m1/s1. The van der Waals surface area contributed by atoms with Gasteiger partial charge in [-0.1, -0.05) is 0 Å². The van der Waals surface area contributed by atoms with Crippen molar-refractivity contribution in [2.24, 2.45) is 0 Å². The van der Waals surface area contributed by atoms with Crippen LogP contribution in [0.1, 0.15) is 0 Å². The number of aliphatic hydroxyl groups is 8.